The summed E-state index contributed by atoms with van der Waals surface area (Å²) in [6, 6.07) is 0. The van der Waals surface area contributed by atoms with Crippen LogP contribution in [0.2, 0.25) is 0 Å². The first-order valence-electron chi connectivity index (χ1n) is 5.55. The van der Waals surface area contributed by atoms with Crippen LogP contribution < -0.4 is 0 Å². The second-order valence-corrected chi connectivity index (χ2v) is 3.98. The zero-order valence-corrected chi connectivity index (χ0v) is 10.3. The lowest BCUT2D eigenvalue weighted by Gasteiger charge is -1.86. The van der Waals surface area contributed by atoms with E-state index in [1.54, 1.807) is 0 Å². The van der Waals surface area contributed by atoms with Crippen molar-refractivity contribution in [2.75, 3.05) is 0 Å². The van der Waals surface area contributed by atoms with Crippen molar-refractivity contribution in [1.82, 2.24) is 0 Å². The number of hydrogen-bond acceptors (Lipinski definition) is 0. The van der Waals surface area contributed by atoms with E-state index < -0.39 is 0 Å². The quantitative estimate of drug-likeness (QED) is 0.449. The van der Waals surface area contributed by atoms with Crippen molar-refractivity contribution >= 4 is 0 Å². The highest BCUT2D eigenvalue weighted by Crippen LogP contribution is 1.90. The summed E-state index contributed by atoms with van der Waals surface area (Å²) in [5.74, 6) is 19.4. The molecule has 0 atom stereocenters. The Morgan fingerprint density at radius 1 is 0.667 bits per heavy atom. The average Bonchev–Trinajstić information content (AvgIpc) is 2.14. The summed E-state index contributed by atoms with van der Waals surface area (Å²) in [6.07, 6.45) is 2.43. The fourth-order valence-corrected chi connectivity index (χ4v) is 0.852. The molecular weight excluding hydrogens is 180 g/mol. The van der Waals surface area contributed by atoms with Gasteiger partial charge in [0.15, 0.2) is 0 Å². The van der Waals surface area contributed by atoms with Crippen LogP contribution in [0.5, 0.6) is 0 Å². The first kappa shape index (κ1) is 13.7. The van der Waals surface area contributed by atoms with Gasteiger partial charge in [0.1, 0.15) is 0 Å². The monoisotopic (exact) mass is 200 g/mol. The molecular formula is C15H20. The number of unbranched alkanes of at least 4 members (excludes halogenated alkanes) is 1. The molecule has 0 aliphatic carbocycles. The van der Waals surface area contributed by atoms with Gasteiger partial charge in [-0.2, -0.15) is 0 Å². The lowest BCUT2D eigenvalue weighted by atomic mass is 10.2. The summed E-state index contributed by atoms with van der Waals surface area (Å²) in [4.78, 5) is 0. The van der Waals surface area contributed by atoms with E-state index in [0.717, 1.165) is 12.8 Å². The lowest BCUT2D eigenvalue weighted by Crippen LogP contribution is -1.77. The molecule has 0 unspecified atom stereocenters. The molecule has 0 radical (unpaired) electrons. The largest absolute Gasteiger partial charge is 0.102 e. The highest BCUT2D eigenvalue weighted by Gasteiger charge is 1.81. The number of rotatable bonds is 1. The first-order valence-corrected chi connectivity index (χ1v) is 5.55. The average molecular weight is 200 g/mol. The summed E-state index contributed by atoms with van der Waals surface area (Å²) in [5, 5.41) is 0. The molecule has 0 heteroatoms. The summed E-state index contributed by atoms with van der Waals surface area (Å²) < 4.78 is 0. The molecule has 0 aromatic carbocycles. The molecule has 0 spiro atoms. The highest BCUT2D eigenvalue weighted by atomic mass is 13.8. The molecule has 0 aliphatic heterocycles. The van der Waals surface area contributed by atoms with Gasteiger partial charge in [-0.25, -0.2) is 0 Å². The van der Waals surface area contributed by atoms with Crippen LogP contribution in [0.3, 0.4) is 0 Å². The Morgan fingerprint density at radius 3 is 1.80 bits per heavy atom. The van der Waals surface area contributed by atoms with Gasteiger partial charge in [0.25, 0.3) is 0 Å². The van der Waals surface area contributed by atoms with Gasteiger partial charge < -0.3 is 0 Å². The van der Waals surface area contributed by atoms with Crippen molar-refractivity contribution in [2.24, 2.45) is 11.8 Å². The predicted molar refractivity (Wildman–Crippen MR) is 66.9 cm³/mol. The van der Waals surface area contributed by atoms with E-state index in [2.05, 4.69) is 63.2 Å². The van der Waals surface area contributed by atoms with Gasteiger partial charge in [0, 0.05) is 24.7 Å². The Morgan fingerprint density at radius 2 is 1.20 bits per heavy atom. The van der Waals surface area contributed by atoms with Crippen molar-refractivity contribution in [2.45, 2.75) is 47.0 Å². The zero-order valence-electron chi connectivity index (χ0n) is 10.3. The van der Waals surface area contributed by atoms with E-state index in [1.807, 2.05) is 0 Å². The molecule has 0 aromatic heterocycles. The topological polar surface area (TPSA) is 0 Å². The summed E-state index contributed by atoms with van der Waals surface area (Å²) in [6.45, 7) is 8.37. The molecule has 0 N–H and O–H groups in total. The van der Waals surface area contributed by atoms with Crippen molar-refractivity contribution < 1.29 is 0 Å². The van der Waals surface area contributed by atoms with E-state index in [9.17, 15) is 0 Å². The van der Waals surface area contributed by atoms with Crippen molar-refractivity contribution in [3.63, 3.8) is 0 Å². The van der Waals surface area contributed by atoms with Gasteiger partial charge in [-0.15, -0.1) is 17.8 Å². The van der Waals surface area contributed by atoms with Crippen LogP contribution in [-0.4, -0.2) is 0 Å². The molecule has 0 saturated carbocycles. The van der Waals surface area contributed by atoms with Crippen LogP contribution >= 0.6 is 0 Å². The van der Waals surface area contributed by atoms with Crippen LogP contribution in [0.1, 0.15) is 47.0 Å². The van der Waals surface area contributed by atoms with E-state index >= 15 is 0 Å². The SMILES string of the molecule is CC(C)C#CCC#CCCC#CC(C)C. The van der Waals surface area contributed by atoms with Gasteiger partial charge >= 0.3 is 0 Å². The van der Waals surface area contributed by atoms with E-state index in [0.29, 0.717) is 18.3 Å². The molecule has 0 heterocycles. The highest BCUT2D eigenvalue weighted by molar-refractivity contribution is 5.13. The molecule has 0 amide bonds. The molecule has 0 fully saturated rings. The predicted octanol–water partition coefficient (Wildman–Crippen LogP) is 3.48. The van der Waals surface area contributed by atoms with Crippen molar-refractivity contribution in [3.05, 3.63) is 0 Å². The van der Waals surface area contributed by atoms with Gasteiger partial charge in [-0.05, 0) is 0 Å². The van der Waals surface area contributed by atoms with Crippen LogP contribution in [0.15, 0.2) is 0 Å². The third kappa shape index (κ3) is 12.7. The minimum atomic E-state index is 0.448. The maximum atomic E-state index is 3.12. The Hall–Kier alpha value is -1.32. The second-order valence-electron chi connectivity index (χ2n) is 3.98. The molecule has 0 rings (SSSR count). The fourth-order valence-electron chi connectivity index (χ4n) is 0.852. The van der Waals surface area contributed by atoms with Crippen LogP contribution in [0.4, 0.5) is 0 Å². The molecule has 0 saturated heterocycles. The maximum absolute atomic E-state index is 3.12. The first-order chi connectivity index (χ1) is 7.13. The third-order valence-corrected chi connectivity index (χ3v) is 1.46. The molecule has 0 nitrogen and oxygen atoms in total. The Labute approximate surface area is 94.8 Å². The van der Waals surface area contributed by atoms with E-state index in [-0.39, 0.29) is 0 Å². The maximum Gasteiger partial charge on any atom is 0.0702 e. The fraction of sp³-hybridized carbons (Fsp3) is 0.600. The molecule has 0 bridgehead atoms. The third-order valence-electron chi connectivity index (χ3n) is 1.46. The minimum Gasteiger partial charge on any atom is -0.102 e. The van der Waals surface area contributed by atoms with Gasteiger partial charge in [-0.3, -0.25) is 0 Å². The minimum absolute atomic E-state index is 0.448. The summed E-state index contributed by atoms with van der Waals surface area (Å²) in [7, 11) is 0. The van der Waals surface area contributed by atoms with Crippen LogP contribution in [0.25, 0.3) is 0 Å². The smallest absolute Gasteiger partial charge is 0.0702 e. The molecule has 15 heavy (non-hydrogen) atoms. The Balaban J connectivity index is 3.59. The van der Waals surface area contributed by atoms with E-state index in [4.69, 9.17) is 0 Å². The zero-order chi connectivity index (χ0) is 11.5. The lowest BCUT2D eigenvalue weighted by molar-refractivity contribution is 0.863. The summed E-state index contributed by atoms with van der Waals surface area (Å²) in [5.41, 5.74) is 0. The van der Waals surface area contributed by atoms with Crippen molar-refractivity contribution in [1.29, 1.82) is 0 Å². The second kappa shape index (κ2) is 9.24. The molecule has 80 valence electrons. The molecule has 0 aliphatic rings. The Kier molecular flexibility index (Phi) is 8.43. The Bertz CT molecular complexity index is 325. The van der Waals surface area contributed by atoms with Gasteiger partial charge in [0.05, 0.1) is 6.42 Å². The van der Waals surface area contributed by atoms with Gasteiger partial charge in [0.2, 0.25) is 0 Å². The van der Waals surface area contributed by atoms with Crippen LogP contribution in [0, 0.1) is 47.4 Å². The number of hydrogen-bond donors (Lipinski definition) is 0. The molecule has 0 aromatic rings. The standard InChI is InChI=1S/C15H20/c1-14(2)12-10-8-6-5-7-9-11-13-15(3)4/h14-15H,6,8-9H2,1-4H3. The van der Waals surface area contributed by atoms with E-state index in [1.165, 1.54) is 0 Å². The van der Waals surface area contributed by atoms with Crippen LogP contribution in [-0.2, 0) is 0 Å². The normalized spacial score (nSPS) is 8.40. The van der Waals surface area contributed by atoms with Crippen molar-refractivity contribution in [3.8, 4) is 35.5 Å². The summed E-state index contributed by atoms with van der Waals surface area (Å²) >= 11 is 0. The van der Waals surface area contributed by atoms with Gasteiger partial charge in [-0.1, -0.05) is 45.5 Å².